The van der Waals surface area contributed by atoms with Crippen LogP contribution in [0.15, 0.2) is 35.1 Å². The minimum Gasteiger partial charge on any atom is -0.403 e. The van der Waals surface area contributed by atoms with Crippen molar-refractivity contribution in [1.29, 1.82) is 0 Å². The van der Waals surface area contributed by atoms with Gasteiger partial charge in [-0.05, 0) is 72.1 Å². The van der Waals surface area contributed by atoms with E-state index in [1.165, 1.54) is 25.7 Å². The second kappa shape index (κ2) is 18.2. The fourth-order valence-electron chi connectivity index (χ4n) is 2.35. The van der Waals surface area contributed by atoms with Gasteiger partial charge in [0.25, 0.3) is 11.8 Å². The maximum atomic E-state index is 12.7. The first-order valence-corrected chi connectivity index (χ1v) is 10.4. The van der Waals surface area contributed by atoms with Crippen LogP contribution in [0, 0.1) is 18.2 Å². The number of benzene rings is 1. The summed E-state index contributed by atoms with van der Waals surface area (Å²) in [4.78, 5) is 30.4. The third-order valence-corrected chi connectivity index (χ3v) is 3.74. The molecule has 1 aromatic carbocycles. The first kappa shape index (κ1) is 31.8. The van der Waals surface area contributed by atoms with Crippen LogP contribution in [-0.2, 0) is 16.0 Å². The number of hydrogen-bond acceptors (Lipinski definition) is 6. The molecule has 0 fully saturated rings. The Morgan fingerprint density at radius 2 is 1.88 bits per heavy atom. The topological polar surface area (TPSA) is 103 Å². The van der Waals surface area contributed by atoms with E-state index in [9.17, 15) is 14.0 Å². The molecule has 4 N–H and O–H groups in total. The number of aliphatic imine (C=N–C) groups is 1. The van der Waals surface area contributed by atoms with Crippen LogP contribution in [0.4, 0.5) is 10.1 Å². The summed E-state index contributed by atoms with van der Waals surface area (Å²) in [6, 6.07) is 4.98. The largest absolute Gasteiger partial charge is 0.403 e. The van der Waals surface area contributed by atoms with Crippen molar-refractivity contribution >= 4 is 23.2 Å². The van der Waals surface area contributed by atoms with Crippen molar-refractivity contribution in [2.45, 2.75) is 27.2 Å². The molecule has 1 aliphatic rings. The second-order valence-electron chi connectivity index (χ2n) is 7.26. The molecule has 1 aliphatic heterocycles. The van der Waals surface area contributed by atoms with Gasteiger partial charge in [0.15, 0.2) is 0 Å². The summed E-state index contributed by atoms with van der Waals surface area (Å²) in [5.41, 5.74) is 7.72. The molecule has 1 aromatic rings. The number of terminal acetylenes is 1. The number of rotatable bonds is 4. The van der Waals surface area contributed by atoms with Crippen molar-refractivity contribution in [3.05, 3.63) is 41.5 Å². The van der Waals surface area contributed by atoms with Crippen molar-refractivity contribution in [3.63, 3.8) is 0 Å². The first-order chi connectivity index (χ1) is 15.5. The zero-order chi connectivity index (χ0) is 26.0. The highest BCUT2D eigenvalue weighted by Crippen LogP contribution is 2.26. The Bertz CT molecular complexity index is 841. The van der Waals surface area contributed by atoms with Crippen molar-refractivity contribution in [1.82, 2.24) is 15.5 Å². The third kappa shape index (κ3) is 14.3. The molecular formula is C24H39FN6O2. The van der Waals surface area contributed by atoms with Gasteiger partial charge in [-0.3, -0.25) is 9.59 Å². The highest BCUT2D eigenvalue weighted by Gasteiger charge is 2.15. The van der Waals surface area contributed by atoms with Crippen molar-refractivity contribution in [2.75, 3.05) is 53.2 Å². The molecule has 0 unspecified atom stereocenters. The van der Waals surface area contributed by atoms with Gasteiger partial charge in [-0.1, -0.05) is 0 Å². The smallest absolute Gasteiger partial charge is 0.271 e. The predicted octanol–water partition coefficient (Wildman–Crippen LogP) is 1.76. The Morgan fingerprint density at radius 1 is 1.33 bits per heavy atom. The molecule has 0 spiro atoms. The van der Waals surface area contributed by atoms with Gasteiger partial charge in [0.2, 0.25) is 0 Å². The second-order valence-corrected chi connectivity index (χ2v) is 7.26. The molecule has 8 nitrogen and oxygen atoms in total. The fraction of sp³-hybridized carbons (Fsp3) is 0.458. The molecule has 0 bridgehead atoms. The molecule has 0 aromatic heterocycles. The van der Waals surface area contributed by atoms with Crippen LogP contribution in [0.5, 0.6) is 0 Å². The Labute approximate surface area is 198 Å². The Morgan fingerprint density at radius 3 is 2.33 bits per heavy atom. The number of nitrogens with zero attached hydrogens (tertiary/aromatic N) is 3. The number of carbonyl (C=O) groups is 2. The molecule has 0 saturated carbocycles. The van der Waals surface area contributed by atoms with E-state index in [0.717, 1.165) is 24.7 Å². The average molecular weight is 463 g/mol. The molecule has 0 aliphatic carbocycles. The summed E-state index contributed by atoms with van der Waals surface area (Å²) in [5, 5.41) is 4.93. The lowest BCUT2D eigenvalue weighted by molar-refractivity contribution is -0.117. The summed E-state index contributed by atoms with van der Waals surface area (Å²) in [7, 11) is 9.49. The maximum absolute atomic E-state index is 12.7. The van der Waals surface area contributed by atoms with Gasteiger partial charge < -0.3 is 26.2 Å². The quantitative estimate of drug-likeness (QED) is 0.360. The summed E-state index contributed by atoms with van der Waals surface area (Å²) in [6.07, 6.45) is 6.63. The third-order valence-electron chi connectivity index (χ3n) is 3.74. The molecule has 2 amide bonds. The molecule has 2 rings (SSSR count). The van der Waals surface area contributed by atoms with Gasteiger partial charge in [0.1, 0.15) is 17.2 Å². The number of carbonyl (C=O) groups excluding carboxylic acids is 2. The fourth-order valence-corrected chi connectivity index (χ4v) is 2.35. The molecule has 33 heavy (non-hydrogen) atoms. The SMILES string of the molecule is C#CC.CCNC(=O)C(C)=N/C(=C/N)C(=O)NC.CN(C)C.CN1CCc2cc(F)ccc21. The zero-order valence-electron chi connectivity index (χ0n) is 21.1. The lowest BCUT2D eigenvalue weighted by Gasteiger charge is -2.10. The van der Waals surface area contributed by atoms with E-state index in [0.29, 0.717) is 6.54 Å². The van der Waals surface area contributed by atoms with E-state index in [4.69, 9.17) is 5.73 Å². The van der Waals surface area contributed by atoms with Gasteiger partial charge in [-0.15, -0.1) is 12.3 Å². The van der Waals surface area contributed by atoms with Crippen LogP contribution in [0.3, 0.4) is 0 Å². The van der Waals surface area contributed by atoms with E-state index >= 15 is 0 Å². The zero-order valence-corrected chi connectivity index (χ0v) is 21.1. The van der Waals surface area contributed by atoms with Crippen molar-refractivity contribution < 1.29 is 14.0 Å². The number of nitrogens with two attached hydrogens (primary N) is 1. The van der Waals surface area contributed by atoms with Crippen LogP contribution in [0.1, 0.15) is 26.3 Å². The van der Waals surface area contributed by atoms with Crippen LogP contribution in [0.2, 0.25) is 0 Å². The van der Waals surface area contributed by atoms with Crippen molar-refractivity contribution in [2.24, 2.45) is 10.7 Å². The Hall–Kier alpha value is -3.38. The van der Waals surface area contributed by atoms with E-state index in [1.807, 2.05) is 39.2 Å². The summed E-state index contributed by atoms with van der Waals surface area (Å²) < 4.78 is 12.7. The van der Waals surface area contributed by atoms with Crippen LogP contribution < -0.4 is 21.3 Å². The molecule has 0 atom stereocenters. The van der Waals surface area contributed by atoms with Crippen LogP contribution >= 0.6 is 0 Å². The number of likely N-dealkylation sites (N-methyl/N-ethyl adjacent to an activating group) is 2. The van der Waals surface area contributed by atoms with E-state index in [-0.39, 0.29) is 23.1 Å². The number of fused-ring (bicyclic) bond motifs is 1. The highest BCUT2D eigenvalue weighted by atomic mass is 19.1. The van der Waals surface area contributed by atoms with Crippen LogP contribution in [-0.4, -0.2) is 70.8 Å². The van der Waals surface area contributed by atoms with Gasteiger partial charge >= 0.3 is 0 Å². The highest BCUT2D eigenvalue weighted by molar-refractivity contribution is 6.38. The Balaban J connectivity index is 0. The molecular weight excluding hydrogens is 423 g/mol. The van der Waals surface area contributed by atoms with E-state index in [2.05, 4.69) is 32.9 Å². The van der Waals surface area contributed by atoms with Crippen LogP contribution in [0.25, 0.3) is 0 Å². The van der Waals surface area contributed by atoms with E-state index < -0.39 is 5.91 Å². The molecule has 0 saturated heterocycles. The minimum atomic E-state index is -0.429. The number of anilines is 1. The molecule has 0 radical (unpaired) electrons. The van der Waals surface area contributed by atoms with Crippen molar-refractivity contribution in [3.8, 4) is 12.3 Å². The summed E-state index contributed by atoms with van der Waals surface area (Å²) in [5.74, 6) is 1.38. The summed E-state index contributed by atoms with van der Waals surface area (Å²) in [6.45, 7) is 6.48. The molecule has 1 heterocycles. The minimum absolute atomic E-state index is 0.0150. The standard InChI is InChI=1S/C9H10FN.C9H16N4O2.C3H9N.C3H4/c1-11-5-4-7-6-8(10)2-3-9(7)11;1-4-12-8(14)6(2)13-7(5-10)9(15)11-3;1-4(2)3;1-3-2/h2-3,6H,4-5H2,1H3;5H,4,10H2,1-3H3,(H,11,15)(H,12,14);1-3H3;1H,2H3/b;7-5+,13-6?;;. The first-order valence-electron chi connectivity index (χ1n) is 10.4. The number of amides is 2. The molecule has 9 heteroatoms. The lowest BCUT2D eigenvalue weighted by Crippen LogP contribution is -2.30. The summed E-state index contributed by atoms with van der Waals surface area (Å²) >= 11 is 0. The maximum Gasteiger partial charge on any atom is 0.271 e. The lowest BCUT2D eigenvalue weighted by atomic mass is 10.2. The van der Waals surface area contributed by atoms with Gasteiger partial charge in [0.05, 0.1) is 0 Å². The average Bonchev–Trinajstić information content (AvgIpc) is 3.11. The number of halogens is 1. The normalized spacial score (nSPS) is 12.0. The predicted molar refractivity (Wildman–Crippen MR) is 136 cm³/mol. The Kier molecular flexibility index (Phi) is 17.6. The number of nitrogens with one attached hydrogen (secondary N) is 2. The number of hydrogen-bond donors (Lipinski definition) is 3. The monoisotopic (exact) mass is 462 g/mol. The van der Waals surface area contributed by atoms with E-state index in [1.54, 1.807) is 19.9 Å². The van der Waals surface area contributed by atoms with Gasteiger partial charge in [-0.25, -0.2) is 9.38 Å². The molecule has 184 valence electrons. The van der Waals surface area contributed by atoms with Gasteiger partial charge in [0, 0.05) is 39.1 Å². The van der Waals surface area contributed by atoms with Gasteiger partial charge in [-0.2, -0.15) is 0 Å².